The summed E-state index contributed by atoms with van der Waals surface area (Å²) in [5.41, 5.74) is 0.438. The maximum atomic E-state index is 12.8. The van der Waals surface area contributed by atoms with Crippen LogP contribution >= 0.6 is 0 Å². The van der Waals surface area contributed by atoms with Gasteiger partial charge in [-0.1, -0.05) is 6.07 Å². The van der Waals surface area contributed by atoms with Crippen LogP contribution in [0.2, 0.25) is 0 Å². The van der Waals surface area contributed by atoms with Crippen molar-refractivity contribution in [1.82, 2.24) is 20.2 Å². The predicted octanol–water partition coefficient (Wildman–Crippen LogP) is 2.01. The molecule has 0 spiro atoms. The summed E-state index contributed by atoms with van der Waals surface area (Å²) in [6.07, 6.45) is 3.47. The molecule has 2 amide bonds. The third-order valence-corrected chi connectivity index (χ3v) is 5.09. The smallest absolute Gasteiger partial charge is 0.318 e. The van der Waals surface area contributed by atoms with Crippen LogP contribution in [0.25, 0.3) is 0 Å². The average molecular weight is 383 g/mol. The zero-order chi connectivity index (χ0) is 19.6. The fourth-order valence-electron chi connectivity index (χ4n) is 3.41. The van der Waals surface area contributed by atoms with Gasteiger partial charge in [-0.3, -0.25) is 0 Å². The Morgan fingerprint density at radius 2 is 1.71 bits per heavy atom. The highest BCUT2D eigenvalue weighted by atomic mass is 16.6. The van der Waals surface area contributed by atoms with Gasteiger partial charge in [0, 0.05) is 38.6 Å². The minimum absolute atomic E-state index is 0.0754. The highest BCUT2D eigenvalue weighted by molar-refractivity contribution is 5.75. The number of ether oxygens (including phenoxy) is 2. The molecule has 0 unspecified atom stereocenters. The number of urea groups is 1. The van der Waals surface area contributed by atoms with E-state index in [9.17, 15) is 4.79 Å². The van der Waals surface area contributed by atoms with Crippen LogP contribution in [0.15, 0.2) is 36.7 Å². The Kier molecular flexibility index (Phi) is 4.93. The largest absolute Gasteiger partial charge is 0.486 e. The third kappa shape index (κ3) is 3.81. The van der Waals surface area contributed by atoms with Gasteiger partial charge in [0.1, 0.15) is 13.2 Å². The van der Waals surface area contributed by atoms with Crippen molar-refractivity contribution in [3.05, 3.63) is 42.2 Å². The van der Waals surface area contributed by atoms with Gasteiger partial charge < -0.3 is 24.6 Å². The molecule has 3 heterocycles. The van der Waals surface area contributed by atoms with Gasteiger partial charge in [0.15, 0.2) is 11.5 Å². The molecule has 2 aliphatic rings. The Bertz CT molecular complexity index is 835. The van der Waals surface area contributed by atoms with Crippen molar-refractivity contribution in [3.8, 4) is 11.5 Å². The summed E-state index contributed by atoms with van der Waals surface area (Å²) < 4.78 is 11.2. The summed E-state index contributed by atoms with van der Waals surface area (Å²) in [6, 6.07) is 7.54. The van der Waals surface area contributed by atoms with E-state index in [1.54, 1.807) is 18.5 Å². The summed E-state index contributed by atoms with van der Waals surface area (Å²) >= 11 is 0. The van der Waals surface area contributed by atoms with Crippen LogP contribution in [0.5, 0.6) is 11.5 Å². The molecule has 2 aromatic rings. The van der Waals surface area contributed by atoms with Gasteiger partial charge in [-0.15, -0.1) is 0 Å². The van der Waals surface area contributed by atoms with Gasteiger partial charge in [-0.2, -0.15) is 0 Å². The predicted molar refractivity (Wildman–Crippen MR) is 105 cm³/mol. The molecule has 0 atom stereocenters. The van der Waals surface area contributed by atoms with Crippen LogP contribution in [-0.2, 0) is 5.54 Å². The van der Waals surface area contributed by atoms with Crippen LogP contribution in [0.4, 0.5) is 10.7 Å². The molecule has 4 rings (SSSR count). The van der Waals surface area contributed by atoms with Crippen molar-refractivity contribution in [2.75, 3.05) is 44.3 Å². The van der Waals surface area contributed by atoms with E-state index >= 15 is 0 Å². The number of benzene rings is 1. The first-order chi connectivity index (χ1) is 13.5. The summed E-state index contributed by atoms with van der Waals surface area (Å²) in [7, 11) is 0. The molecule has 1 aromatic heterocycles. The number of rotatable bonds is 3. The summed E-state index contributed by atoms with van der Waals surface area (Å²) in [5.74, 6) is 2.18. The number of hydrogen-bond donors (Lipinski definition) is 1. The van der Waals surface area contributed by atoms with Crippen LogP contribution in [0, 0.1) is 0 Å². The molecule has 1 aromatic carbocycles. The van der Waals surface area contributed by atoms with E-state index in [-0.39, 0.29) is 6.03 Å². The maximum Gasteiger partial charge on any atom is 0.318 e. The molecule has 0 aliphatic carbocycles. The number of hydrogen-bond acceptors (Lipinski definition) is 6. The molecule has 148 valence electrons. The van der Waals surface area contributed by atoms with Gasteiger partial charge in [0.2, 0.25) is 5.95 Å². The van der Waals surface area contributed by atoms with E-state index < -0.39 is 5.54 Å². The molecule has 0 saturated carbocycles. The number of amides is 2. The third-order valence-electron chi connectivity index (χ3n) is 5.09. The first-order valence-corrected chi connectivity index (χ1v) is 9.52. The van der Waals surface area contributed by atoms with Crippen molar-refractivity contribution in [2.24, 2.45) is 0 Å². The van der Waals surface area contributed by atoms with E-state index in [1.165, 1.54) is 0 Å². The molecule has 1 fully saturated rings. The van der Waals surface area contributed by atoms with Gasteiger partial charge in [-0.25, -0.2) is 14.8 Å². The van der Waals surface area contributed by atoms with Crippen molar-refractivity contribution < 1.29 is 14.3 Å². The van der Waals surface area contributed by atoms with E-state index in [2.05, 4.69) is 20.2 Å². The number of aromatic nitrogens is 2. The standard InChI is InChI=1S/C20H25N5O3/c1-20(2,15-4-5-16-17(14-15)28-13-12-27-16)23-19(26)25-10-8-24(9-11-25)18-21-6-3-7-22-18/h3-7,14H,8-13H2,1-2H3,(H,23,26). The fraction of sp³-hybridized carbons (Fsp3) is 0.450. The number of anilines is 1. The van der Waals surface area contributed by atoms with Crippen LogP contribution < -0.4 is 19.7 Å². The number of carbonyl (C=O) groups excluding carboxylic acids is 1. The summed E-state index contributed by atoms with van der Waals surface area (Å²) in [4.78, 5) is 25.3. The second-order valence-corrected chi connectivity index (χ2v) is 7.44. The minimum Gasteiger partial charge on any atom is -0.486 e. The lowest BCUT2D eigenvalue weighted by molar-refractivity contribution is 0.170. The first-order valence-electron chi connectivity index (χ1n) is 9.52. The Morgan fingerprint density at radius 1 is 1.04 bits per heavy atom. The first kappa shape index (κ1) is 18.3. The molecule has 8 heteroatoms. The van der Waals surface area contributed by atoms with Crippen molar-refractivity contribution in [1.29, 1.82) is 0 Å². The highest BCUT2D eigenvalue weighted by Crippen LogP contribution is 2.34. The lowest BCUT2D eigenvalue weighted by Gasteiger charge is -2.37. The molecule has 0 radical (unpaired) electrons. The average Bonchev–Trinajstić information content (AvgIpc) is 2.74. The van der Waals surface area contributed by atoms with Crippen LogP contribution in [-0.4, -0.2) is 60.3 Å². The van der Waals surface area contributed by atoms with Crippen molar-refractivity contribution in [3.63, 3.8) is 0 Å². The molecule has 0 bridgehead atoms. The zero-order valence-electron chi connectivity index (χ0n) is 16.2. The zero-order valence-corrected chi connectivity index (χ0v) is 16.2. The number of carbonyl (C=O) groups is 1. The second-order valence-electron chi connectivity index (χ2n) is 7.44. The molecular weight excluding hydrogens is 358 g/mol. The van der Waals surface area contributed by atoms with E-state index in [0.29, 0.717) is 45.3 Å². The molecule has 28 heavy (non-hydrogen) atoms. The Balaban J connectivity index is 1.38. The van der Waals surface area contributed by atoms with Gasteiger partial charge >= 0.3 is 6.03 Å². The fourth-order valence-corrected chi connectivity index (χ4v) is 3.41. The molecule has 1 N–H and O–H groups in total. The number of nitrogens with zero attached hydrogens (tertiary/aromatic N) is 4. The normalized spacial score (nSPS) is 16.6. The Labute approximate surface area is 164 Å². The Morgan fingerprint density at radius 3 is 2.43 bits per heavy atom. The second kappa shape index (κ2) is 7.53. The van der Waals surface area contributed by atoms with Crippen LogP contribution in [0.3, 0.4) is 0 Å². The monoisotopic (exact) mass is 383 g/mol. The summed E-state index contributed by atoms with van der Waals surface area (Å²) in [6.45, 7) is 7.76. The number of nitrogens with one attached hydrogen (secondary N) is 1. The topological polar surface area (TPSA) is 79.8 Å². The van der Waals surface area contributed by atoms with Gasteiger partial charge in [0.05, 0.1) is 5.54 Å². The summed E-state index contributed by atoms with van der Waals surface area (Å²) in [5, 5.41) is 3.14. The molecular formula is C20H25N5O3. The van der Waals surface area contributed by atoms with Crippen molar-refractivity contribution >= 4 is 12.0 Å². The molecule has 1 saturated heterocycles. The number of fused-ring (bicyclic) bond motifs is 1. The Hall–Kier alpha value is -3.03. The lowest BCUT2D eigenvalue weighted by atomic mass is 9.94. The van der Waals surface area contributed by atoms with Crippen LogP contribution in [0.1, 0.15) is 19.4 Å². The molecule has 2 aliphatic heterocycles. The molecule has 8 nitrogen and oxygen atoms in total. The maximum absolute atomic E-state index is 12.8. The van der Waals surface area contributed by atoms with E-state index in [1.807, 2.05) is 36.9 Å². The highest BCUT2D eigenvalue weighted by Gasteiger charge is 2.29. The van der Waals surface area contributed by atoms with Gasteiger partial charge in [-0.05, 0) is 37.6 Å². The SMILES string of the molecule is CC(C)(NC(=O)N1CCN(c2ncccn2)CC1)c1ccc2c(c1)OCCO2. The lowest BCUT2D eigenvalue weighted by Crippen LogP contribution is -2.55. The quantitative estimate of drug-likeness (QED) is 0.874. The minimum atomic E-state index is -0.535. The van der Waals surface area contributed by atoms with E-state index in [4.69, 9.17) is 9.47 Å². The van der Waals surface area contributed by atoms with Crippen molar-refractivity contribution in [2.45, 2.75) is 19.4 Å². The van der Waals surface area contributed by atoms with E-state index in [0.717, 1.165) is 17.1 Å². The number of piperazine rings is 1. The van der Waals surface area contributed by atoms with Gasteiger partial charge in [0.25, 0.3) is 0 Å².